The highest BCUT2D eigenvalue weighted by molar-refractivity contribution is 4.93. The zero-order chi connectivity index (χ0) is 10.7. The SMILES string of the molecule is [N-]=[N+]=NC(CO)[C@H]1O[C@@H](O)C(O)C1O. The van der Waals surface area contributed by atoms with Gasteiger partial charge in [-0.05, 0) is 5.53 Å². The second kappa shape index (κ2) is 4.56. The summed E-state index contributed by atoms with van der Waals surface area (Å²) < 4.78 is 4.72. The second-order valence-electron chi connectivity index (χ2n) is 2.93. The minimum absolute atomic E-state index is 0.536. The van der Waals surface area contributed by atoms with Gasteiger partial charge in [0.2, 0.25) is 0 Å². The van der Waals surface area contributed by atoms with E-state index in [1.54, 1.807) is 0 Å². The molecule has 1 aliphatic rings. The molecule has 0 aromatic rings. The zero-order valence-corrected chi connectivity index (χ0v) is 7.13. The Morgan fingerprint density at radius 1 is 1.36 bits per heavy atom. The van der Waals surface area contributed by atoms with Crippen molar-refractivity contribution in [2.24, 2.45) is 5.11 Å². The molecule has 14 heavy (non-hydrogen) atoms. The van der Waals surface area contributed by atoms with Crippen LogP contribution in [0, 0.1) is 0 Å². The maximum atomic E-state index is 9.33. The van der Waals surface area contributed by atoms with Crippen LogP contribution in [0.25, 0.3) is 10.4 Å². The smallest absolute Gasteiger partial charge is 0.183 e. The Balaban J connectivity index is 2.73. The average molecular weight is 205 g/mol. The predicted molar refractivity (Wildman–Crippen MR) is 42.9 cm³/mol. The van der Waals surface area contributed by atoms with Crippen molar-refractivity contribution < 1.29 is 25.2 Å². The summed E-state index contributed by atoms with van der Waals surface area (Å²) in [7, 11) is 0. The molecule has 0 saturated carbocycles. The van der Waals surface area contributed by atoms with E-state index in [0.717, 1.165) is 0 Å². The molecule has 8 nitrogen and oxygen atoms in total. The monoisotopic (exact) mass is 205 g/mol. The molecule has 3 unspecified atom stereocenters. The van der Waals surface area contributed by atoms with Gasteiger partial charge in [-0.25, -0.2) is 0 Å². The Morgan fingerprint density at radius 3 is 2.36 bits per heavy atom. The lowest BCUT2D eigenvalue weighted by Crippen LogP contribution is -2.39. The molecule has 0 spiro atoms. The van der Waals surface area contributed by atoms with E-state index in [1.807, 2.05) is 0 Å². The predicted octanol–water partition coefficient (Wildman–Crippen LogP) is -1.90. The van der Waals surface area contributed by atoms with Crippen molar-refractivity contribution in [3.8, 4) is 0 Å². The summed E-state index contributed by atoms with van der Waals surface area (Å²) in [5.41, 5.74) is 8.13. The standard InChI is InChI=1S/C6H11N3O5/c7-9-8-2(1-10)5-3(11)4(12)6(13)14-5/h2-6,10-13H,1H2/t2?,3?,4?,5-,6-/m1/s1. The molecule has 1 aliphatic heterocycles. The van der Waals surface area contributed by atoms with Crippen LogP contribution in [0.2, 0.25) is 0 Å². The van der Waals surface area contributed by atoms with Crippen LogP contribution in [0.5, 0.6) is 0 Å². The minimum Gasteiger partial charge on any atom is -0.396 e. The third-order valence-electron chi connectivity index (χ3n) is 2.04. The van der Waals surface area contributed by atoms with Crippen molar-refractivity contribution in [3.05, 3.63) is 10.4 Å². The fourth-order valence-corrected chi connectivity index (χ4v) is 1.28. The number of hydrogen-bond acceptors (Lipinski definition) is 6. The molecular formula is C6H11N3O5. The van der Waals surface area contributed by atoms with Crippen LogP contribution in [0.3, 0.4) is 0 Å². The molecule has 1 rings (SSSR count). The minimum atomic E-state index is -1.53. The fourth-order valence-electron chi connectivity index (χ4n) is 1.28. The fraction of sp³-hybridized carbons (Fsp3) is 1.00. The van der Waals surface area contributed by atoms with E-state index in [9.17, 15) is 5.11 Å². The molecule has 8 heteroatoms. The quantitative estimate of drug-likeness (QED) is 0.242. The van der Waals surface area contributed by atoms with Crippen molar-refractivity contribution in [1.82, 2.24) is 0 Å². The van der Waals surface area contributed by atoms with E-state index < -0.39 is 37.3 Å². The first kappa shape index (κ1) is 11.2. The van der Waals surface area contributed by atoms with Gasteiger partial charge in [0.1, 0.15) is 18.3 Å². The molecule has 5 atom stereocenters. The molecule has 0 radical (unpaired) electrons. The van der Waals surface area contributed by atoms with E-state index in [-0.39, 0.29) is 0 Å². The van der Waals surface area contributed by atoms with E-state index in [4.69, 9.17) is 25.6 Å². The Hall–Kier alpha value is -0.890. The lowest BCUT2D eigenvalue weighted by molar-refractivity contribution is -0.131. The van der Waals surface area contributed by atoms with Crippen molar-refractivity contribution >= 4 is 0 Å². The van der Waals surface area contributed by atoms with Gasteiger partial charge in [-0.3, -0.25) is 0 Å². The topological polar surface area (TPSA) is 139 Å². The first-order valence-corrected chi connectivity index (χ1v) is 3.96. The van der Waals surface area contributed by atoms with Crippen molar-refractivity contribution in [1.29, 1.82) is 0 Å². The Labute approximate surface area is 79.0 Å². The maximum Gasteiger partial charge on any atom is 0.183 e. The van der Waals surface area contributed by atoms with Crippen LogP contribution in [-0.2, 0) is 4.74 Å². The molecule has 0 aliphatic carbocycles. The molecule has 0 aromatic carbocycles. The van der Waals surface area contributed by atoms with Crippen LogP contribution in [-0.4, -0.2) is 57.7 Å². The molecule has 1 heterocycles. The highest BCUT2D eigenvalue weighted by Gasteiger charge is 2.45. The Morgan fingerprint density at radius 2 is 2.00 bits per heavy atom. The summed E-state index contributed by atoms with van der Waals surface area (Å²) in [6, 6.07) is -1.03. The van der Waals surface area contributed by atoms with Gasteiger partial charge in [0.25, 0.3) is 0 Å². The number of hydrogen-bond donors (Lipinski definition) is 4. The number of aliphatic hydroxyl groups is 4. The maximum absolute atomic E-state index is 9.33. The van der Waals surface area contributed by atoms with E-state index >= 15 is 0 Å². The van der Waals surface area contributed by atoms with E-state index in [2.05, 4.69) is 10.0 Å². The van der Waals surface area contributed by atoms with Crippen LogP contribution < -0.4 is 0 Å². The van der Waals surface area contributed by atoms with Crippen LogP contribution >= 0.6 is 0 Å². The summed E-state index contributed by atoms with van der Waals surface area (Å²) in [5.74, 6) is 0. The first-order chi connectivity index (χ1) is 6.61. The van der Waals surface area contributed by atoms with Gasteiger partial charge >= 0.3 is 0 Å². The van der Waals surface area contributed by atoms with Crippen LogP contribution in [0.1, 0.15) is 0 Å². The van der Waals surface area contributed by atoms with Crippen LogP contribution in [0.4, 0.5) is 0 Å². The first-order valence-electron chi connectivity index (χ1n) is 3.96. The van der Waals surface area contributed by atoms with Gasteiger partial charge in [-0.1, -0.05) is 5.11 Å². The van der Waals surface area contributed by atoms with Gasteiger partial charge in [0.15, 0.2) is 6.29 Å². The lowest BCUT2D eigenvalue weighted by atomic mass is 10.1. The normalized spacial score (nSPS) is 39.1. The van der Waals surface area contributed by atoms with Gasteiger partial charge in [-0.2, -0.15) is 0 Å². The van der Waals surface area contributed by atoms with E-state index in [0.29, 0.717) is 0 Å². The zero-order valence-electron chi connectivity index (χ0n) is 7.13. The van der Waals surface area contributed by atoms with Gasteiger partial charge in [0, 0.05) is 4.91 Å². The molecule has 0 aromatic heterocycles. The van der Waals surface area contributed by atoms with Gasteiger partial charge < -0.3 is 25.2 Å². The van der Waals surface area contributed by atoms with Crippen LogP contribution in [0.15, 0.2) is 5.11 Å². The Bertz CT molecular complexity index is 244. The molecule has 1 saturated heterocycles. The highest BCUT2D eigenvalue weighted by Crippen LogP contribution is 2.23. The molecule has 0 bridgehead atoms. The summed E-state index contributed by atoms with van der Waals surface area (Å²) in [4.78, 5) is 2.45. The summed E-state index contributed by atoms with van der Waals surface area (Å²) in [6.07, 6.45) is -5.46. The average Bonchev–Trinajstić information content (AvgIpc) is 2.42. The summed E-state index contributed by atoms with van der Waals surface area (Å²) in [6.45, 7) is -0.536. The third-order valence-corrected chi connectivity index (χ3v) is 2.04. The van der Waals surface area contributed by atoms with Crippen molar-refractivity contribution in [2.45, 2.75) is 30.6 Å². The molecule has 80 valence electrons. The number of rotatable bonds is 3. The lowest BCUT2D eigenvalue weighted by Gasteiger charge is -2.18. The molecule has 0 amide bonds. The number of aliphatic hydroxyl groups excluding tert-OH is 4. The second-order valence-corrected chi connectivity index (χ2v) is 2.93. The van der Waals surface area contributed by atoms with Gasteiger partial charge in [0.05, 0.1) is 12.6 Å². The molecular weight excluding hydrogens is 194 g/mol. The van der Waals surface area contributed by atoms with Gasteiger partial charge in [-0.15, -0.1) is 0 Å². The summed E-state index contributed by atoms with van der Waals surface area (Å²) in [5, 5.41) is 39.4. The Kier molecular flexibility index (Phi) is 3.64. The molecule has 1 fully saturated rings. The number of ether oxygens (including phenoxy) is 1. The molecule has 4 N–H and O–H groups in total. The number of nitrogens with zero attached hydrogens (tertiary/aromatic N) is 3. The third kappa shape index (κ3) is 1.95. The van der Waals surface area contributed by atoms with Crippen molar-refractivity contribution in [3.63, 3.8) is 0 Å². The number of azide groups is 1. The van der Waals surface area contributed by atoms with E-state index in [1.165, 1.54) is 0 Å². The summed E-state index contributed by atoms with van der Waals surface area (Å²) >= 11 is 0. The largest absolute Gasteiger partial charge is 0.396 e. The van der Waals surface area contributed by atoms with Crippen molar-refractivity contribution in [2.75, 3.05) is 6.61 Å². The highest BCUT2D eigenvalue weighted by atomic mass is 16.6.